The normalized spacial score (nSPS) is 19.0. The number of imide groups is 1. The standard InChI is InChI=1S/C25H31ClN4O3/c1-5-29(6-2)21(19-9-7-8-10-20(19)26)15-27-22(31)16-30-23(32)25(4,28-24(30)33)18-13-11-17(3)12-14-18/h7-14,21H,5-6,15-16H2,1-4H3,(H,27,31)(H,28,33). The highest BCUT2D eigenvalue weighted by atomic mass is 35.5. The minimum absolute atomic E-state index is 0.126. The molecule has 1 heterocycles. The van der Waals surface area contributed by atoms with Crippen molar-refractivity contribution in [2.45, 2.75) is 39.3 Å². The average Bonchev–Trinajstić information content (AvgIpc) is 3.01. The van der Waals surface area contributed by atoms with Gasteiger partial charge in [0, 0.05) is 11.6 Å². The molecule has 7 nitrogen and oxygen atoms in total. The molecule has 1 fully saturated rings. The van der Waals surface area contributed by atoms with Crippen LogP contribution in [0.5, 0.6) is 0 Å². The predicted octanol–water partition coefficient (Wildman–Crippen LogP) is 3.61. The zero-order valence-corrected chi connectivity index (χ0v) is 20.3. The molecule has 33 heavy (non-hydrogen) atoms. The highest BCUT2D eigenvalue weighted by Gasteiger charge is 2.49. The third-order valence-electron chi connectivity index (χ3n) is 6.22. The number of likely N-dealkylation sites (N-methyl/N-ethyl adjacent to an activating group) is 1. The van der Waals surface area contributed by atoms with Crippen molar-refractivity contribution in [2.24, 2.45) is 0 Å². The molecule has 1 aliphatic heterocycles. The van der Waals surface area contributed by atoms with Crippen LogP contribution in [0.3, 0.4) is 0 Å². The maximum atomic E-state index is 13.1. The lowest BCUT2D eigenvalue weighted by molar-refractivity contribution is -0.134. The van der Waals surface area contributed by atoms with Crippen LogP contribution < -0.4 is 10.6 Å². The van der Waals surface area contributed by atoms with Gasteiger partial charge < -0.3 is 10.6 Å². The molecule has 1 saturated heterocycles. The largest absolute Gasteiger partial charge is 0.353 e. The summed E-state index contributed by atoms with van der Waals surface area (Å²) in [7, 11) is 0. The lowest BCUT2D eigenvalue weighted by atomic mass is 9.91. The number of carbonyl (C=O) groups is 3. The third kappa shape index (κ3) is 5.20. The first-order chi connectivity index (χ1) is 15.7. The van der Waals surface area contributed by atoms with Gasteiger partial charge in [-0.2, -0.15) is 0 Å². The van der Waals surface area contributed by atoms with E-state index in [2.05, 4.69) is 15.5 Å². The van der Waals surface area contributed by atoms with Crippen LogP contribution in [0.2, 0.25) is 5.02 Å². The fourth-order valence-electron chi connectivity index (χ4n) is 4.18. The maximum absolute atomic E-state index is 13.1. The van der Waals surface area contributed by atoms with E-state index < -0.39 is 23.4 Å². The van der Waals surface area contributed by atoms with E-state index in [-0.39, 0.29) is 12.6 Å². The number of aryl methyl sites for hydroxylation is 1. The maximum Gasteiger partial charge on any atom is 0.325 e. The number of halogens is 1. The summed E-state index contributed by atoms with van der Waals surface area (Å²) in [5, 5.41) is 6.26. The Morgan fingerprint density at radius 3 is 2.36 bits per heavy atom. The minimum atomic E-state index is -1.20. The van der Waals surface area contributed by atoms with Gasteiger partial charge in [0.25, 0.3) is 5.91 Å². The molecule has 0 spiro atoms. The van der Waals surface area contributed by atoms with Crippen molar-refractivity contribution in [3.63, 3.8) is 0 Å². The summed E-state index contributed by atoms with van der Waals surface area (Å²) in [6, 6.07) is 14.3. The Bertz CT molecular complexity index is 1020. The second-order valence-electron chi connectivity index (χ2n) is 8.38. The van der Waals surface area contributed by atoms with Crippen molar-refractivity contribution in [3.8, 4) is 0 Å². The molecule has 1 aliphatic rings. The van der Waals surface area contributed by atoms with Gasteiger partial charge in [0.2, 0.25) is 5.91 Å². The van der Waals surface area contributed by atoms with Crippen molar-refractivity contribution < 1.29 is 14.4 Å². The Labute approximate surface area is 200 Å². The van der Waals surface area contributed by atoms with E-state index in [9.17, 15) is 14.4 Å². The molecule has 2 unspecified atom stereocenters. The number of carbonyl (C=O) groups excluding carboxylic acids is 3. The van der Waals surface area contributed by atoms with E-state index >= 15 is 0 Å². The fourth-order valence-corrected chi connectivity index (χ4v) is 4.44. The van der Waals surface area contributed by atoms with E-state index in [4.69, 9.17) is 11.6 Å². The van der Waals surface area contributed by atoms with Crippen LogP contribution in [0.25, 0.3) is 0 Å². The summed E-state index contributed by atoms with van der Waals surface area (Å²) in [5.41, 5.74) is 1.45. The molecule has 0 saturated carbocycles. The van der Waals surface area contributed by atoms with Crippen LogP contribution in [0.1, 0.15) is 43.5 Å². The van der Waals surface area contributed by atoms with Gasteiger partial charge in [-0.05, 0) is 44.1 Å². The summed E-state index contributed by atoms with van der Waals surface area (Å²) in [6.45, 7) is 9.23. The van der Waals surface area contributed by atoms with Crippen molar-refractivity contribution in [1.29, 1.82) is 0 Å². The van der Waals surface area contributed by atoms with Crippen LogP contribution in [0.15, 0.2) is 48.5 Å². The minimum Gasteiger partial charge on any atom is -0.353 e. The molecular weight excluding hydrogens is 440 g/mol. The Morgan fingerprint density at radius 2 is 1.76 bits per heavy atom. The molecule has 2 atom stereocenters. The molecule has 0 bridgehead atoms. The quantitative estimate of drug-likeness (QED) is 0.548. The van der Waals surface area contributed by atoms with E-state index in [0.717, 1.165) is 29.1 Å². The molecule has 8 heteroatoms. The van der Waals surface area contributed by atoms with E-state index in [1.165, 1.54) is 0 Å². The van der Waals surface area contributed by atoms with Gasteiger partial charge in [-0.3, -0.25) is 19.4 Å². The van der Waals surface area contributed by atoms with E-state index in [1.807, 2.05) is 69.3 Å². The Hall–Kier alpha value is -2.90. The van der Waals surface area contributed by atoms with Crippen molar-refractivity contribution in [3.05, 3.63) is 70.2 Å². The molecule has 2 N–H and O–H groups in total. The number of amides is 4. The van der Waals surface area contributed by atoms with Crippen molar-refractivity contribution in [2.75, 3.05) is 26.2 Å². The summed E-state index contributed by atoms with van der Waals surface area (Å²) in [4.78, 5) is 41.6. The zero-order chi connectivity index (χ0) is 24.2. The van der Waals surface area contributed by atoms with Crippen LogP contribution >= 0.6 is 11.6 Å². The van der Waals surface area contributed by atoms with Crippen molar-refractivity contribution in [1.82, 2.24) is 20.4 Å². The van der Waals surface area contributed by atoms with Gasteiger partial charge in [-0.1, -0.05) is 73.5 Å². The molecule has 2 aromatic carbocycles. The SMILES string of the molecule is CCN(CC)C(CNC(=O)CN1C(=O)NC(C)(c2ccc(C)cc2)C1=O)c1ccccc1Cl. The lowest BCUT2D eigenvalue weighted by Gasteiger charge is -2.31. The molecular formula is C25H31ClN4O3. The van der Waals surface area contributed by atoms with E-state index in [1.54, 1.807) is 6.92 Å². The first-order valence-electron chi connectivity index (χ1n) is 11.2. The van der Waals surface area contributed by atoms with E-state index in [0.29, 0.717) is 17.1 Å². The van der Waals surface area contributed by atoms with Crippen LogP contribution in [-0.4, -0.2) is 53.8 Å². The van der Waals surface area contributed by atoms with Crippen LogP contribution in [0.4, 0.5) is 4.79 Å². The smallest absolute Gasteiger partial charge is 0.325 e. The Balaban J connectivity index is 1.70. The predicted molar refractivity (Wildman–Crippen MR) is 129 cm³/mol. The molecule has 0 radical (unpaired) electrons. The number of hydrogen-bond donors (Lipinski definition) is 2. The number of rotatable bonds is 9. The number of hydrogen-bond acceptors (Lipinski definition) is 4. The first kappa shape index (κ1) is 24.7. The summed E-state index contributed by atoms with van der Waals surface area (Å²) in [6.07, 6.45) is 0. The van der Waals surface area contributed by atoms with Crippen LogP contribution in [0, 0.1) is 6.92 Å². The molecule has 0 aromatic heterocycles. The average molecular weight is 471 g/mol. The summed E-state index contributed by atoms with van der Waals surface area (Å²) >= 11 is 6.42. The van der Waals surface area contributed by atoms with Gasteiger partial charge in [-0.15, -0.1) is 0 Å². The Morgan fingerprint density at radius 1 is 1.12 bits per heavy atom. The van der Waals surface area contributed by atoms with Gasteiger partial charge in [0.05, 0.1) is 6.04 Å². The zero-order valence-electron chi connectivity index (χ0n) is 19.5. The van der Waals surface area contributed by atoms with Gasteiger partial charge in [0.1, 0.15) is 12.1 Å². The topological polar surface area (TPSA) is 81.8 Å². The van der Waals surface area contributed by atoms with Gasteiger partial charge >= 0.3 is 6.03 Å². The Kier molecular flexibility index (Phi) is 7.76. The molecule has 0 aliphatic carbocycles. The number of benzene rings is 2. The monoisotopic (exact) mass is 470 g/mol. The number of nitrogens with one attached hydrogen (secondary N) is 2. The van der Waals surface area contributed by atoms with Gasteiger partial charge in [-0.25, -0.2) is 4.79 Å². The van der Waals surface area contributed by atoms with Crippen molar-refractivity contribution >= 4 is 29.4 Å². The molecule has 2 aromatic rings. The second-order valence-corrected chi connectivity index (χ2v) is 8.78. The molecule has 176 valence electrons. The number of urea groups is 1. The fraction of sp³-hybridized carbons (Fsp3) is 0.400. The summed E-state index contributed by atoms with van der Waals surface area (Å²) in [5.74, 6) is -0.853. The first-order valence-corrected chi connectivity index (χ1v) is 11.6. The van der Waals surface area contributed by atoms with Gasteiger partial charge in [0.15, 0.2) is 0 Å². The summed E-state index contributed by atoms with van der Waals surface area (Å²) < 4.78 is 0. The molecule has 4 amide bonds. The number of nitrogens with zero attached hydrogens (tertiary/aromatic N) is 2. The third-order valence-corrected chi connectivity index (χ3v) is 6.56. The lowest BCUT2D eigenvalue weighted by Crippen LogP contribution is -2.45. The second kappa shape index (κ2) is 10.4. The highest BCUT2D eigenvalue weighted by Crippen LogP contribution is 2.29. The van der Waals surface area contributed by atoms with Crippen LogP contribution in [-0.2, 0) is 15.1 Å². The molecule has 3 rings (SSSR count). The highest BCUT2D eigenvalue weighted by molar-refractivity contribution is 6.31.